The number of rotatable bonds is 4. The van der Waals surface area contributed by atoms with E-state index in [0.717, 1.165) is 33.6 Å². The summed E-state index contributed by atoms with van der Waals surface area (Å²) in [6.45, 7) is 4.86. The lowest BCUT2D eigenvalue weighted by atomic mass is 9.97. The number of para-hydroxylation sites is 1. The molecule has 1 atom stereocenters. The molecule has 0 radical (unpaired) electrons. The van der Waals surface area contributed by atoms with Crippen LogP contribution in [0.5, 0.6) is 0 Å². The van der Waals surface area contributed by atoms with Crippen molar-refractivity contribution in [2.24, 2.45) is 0 Å². The first-order chi connectivity index (χ1) is 14.3. The lowest BCUT2D eigenvalue weighted by Gasteiger charge is -2.32. The molecule has 3 aromatic rings. The summed E-state index contributed by atoms with van der Waals surface area (Å²) in [5.74, 6) is 0.0728. The number of nitrogens with one attached hydrogen (secondary N) is 1. The first-order valence-electron chi connectivity index (χ1n) is 9.99. The second kappa shape index (κ2) is 8.09. The molecule has 1 fully saturated rings. The van der Waals surface area contributed by atoms with Crippen LogP contribution >= 0.6 is 11.3 Å². The largest absolute Gasteiger partial charge is 0.338 e. The van der Waals surface area contributed by atoms with Gasteiger partial charge in [0.15, 0.2) is 0 Å². The van der Waals surface area contributed by atoms with E-state index in [9.17, 15) is 13.2 Å². The Morgan fingerprint density at radius 1 is 1.23 bits per heavy atom. The van der Waals surface area contributed by atoms with Gasteiger partial charge in [-0.05, 0) is 69.1 Å². The summed E-state index contributed by atoms with van der Waals surface area (Å²) in [5.41, 5.74) is 2.86. The Balaban J connectivity index is 1.62. The van der Waals surface area contributed by atoms with E-state index in [2.05, 4.69) is 10.8 Å². The van der Waals surface area contributed by atoms with Crippen LogP contribution in [0.4, 0.5) is 0 Å². The molecule has 158 valence electrons. The van der Waals surface area contributed by atoms with E-state index in [-0.39, 0.29) is 16.7 Å². The Hall–Kier alpha value is -2.29. The number of aryl methyl sites for hydroxylation is 1. The number of thiazole rings is 1. The van der Waals surface area contributed by atoms with Gasteiger partial charge >= 0.3 is 0 Å². The highest BCUT2D eigenvalue weighted by atomic mass is 32.2. The minimum absolute atomic E-state index is 0.128. The molecular formula is C22H25N3O3S2. The third-order valence-electron chi connectivity index (χ3n) is 5.79. The average molecular weight is 444 g/mol. The summed E-state index contributed by atoms with van der Waals surface area (Å²) < 4.78 is 28.3. The molecule has 1 aromatic heterocycles. The molecule has 8 heteroatoms. The van der Waals surface area contributed by atoms with Crippen LogP contribution < -0.4 is 4.72 Å². The van der Waals surface area contributed by atoms with Gasteiger partial charge in [0, 0.05) is 24.6 Å². The summed E-state index contributed by atoms with van der Waals surface area (Å²) in [6.07, 6.45) is 1.90. The number of hydrogen-bond acceptors (Lipinski definition) is 5. The van der Waals surface area contributed by atoms with E-state index in [1.165, 1.54) is 13.1 Å². The maximum Gasteiger partial charge on any atom is 0.253 e. The van der Waals surface area contributed by atoms with Crippen LogP contribution in [0.1, 0.15) is 45.3 Å². The molecule has 6 nitrogen and oxygen atoms in total. The van der Waals surface area contributed by atoms with Gasteiger partial charge in [-0.1, -0.05) is 12.1 Å². The molecule has 30 heavy (non-hydrogen) atoms. The quantitative estimate of drug-likeness (QED) is 0.664. The van der Waals surface area contributed by atoms with Crippen LogP contribution in [0.3, 0.4) is 0 Å². The number of nitrogens with zero attached hydrogens (tertiary/aromatic N) is 2. The van der Waals surface area contributed by atoms with E-state index in [0.29, 0.717) is 24.2 Å². The predicted molar refractivity (Wildman–Crippen MR) is 120 cm³/mol. The van der Waals surface area contributed by atoms with Gasteiger partial charge in [0.25, 0.3) is 5.91 Å². The third-order valence-corrected chi connectivity index (χ3v) is 8.53. The number of benzene rings is 2. The van der Waals surface area contributed by atoms with E-state index in [1.807, 2.05) is 30.0 Å². The third kappa shape index (κ3) is 3.87. The van der Waals surface area contributed by atoms with Crippen molar-refractivity contribution in [3.8, 4) is 0 Å². The van der Waals surface area contributed by atoms with Crippen LogP contribution in [0, 0.1) is 13.8 Å². The molecule has 0 aliphatic carbocycles. The van der Waals surface area contributed by atoms with E-state index < -0.39 is 10.0 Å². The molecule has 0 saturated carbocycles. The summed E-state index contributed by atoms with van der Waals surface area (Å²) in [4.78, 5) is 20.0. The molecule has 4 rings (SSSR count). The minimum atomic E-state index is -3.64. The molecule has 1 aliphatic rings. The average Bonchev–Trinajstić information content (AvgIpc) is 3.19. The number of likely N-dealkylation sites (tertiary alicyclic amines) is 1. The van der Waals surface area contributed by atoms with Crippen LogP contribution in [0.15, 0.2) is 41.3 Å². The van der Waals surface area contributed by atoms with Crippen molar-refractivity contribution in [3.05, 3.63) is 58.1 Å². The maximum atomic E-state index is 13.3. The molecule has 1 amide bonds. The Labute approximate surface area is 181 Å². The number of carbonyl (C=O) groups excluding carboxylic acids is 1. The van der Waals surface area contributed by atoms with Crippen LogP contribution in [0.25, 0.3) is 10.2 Å². The van der Waals surface area contributed by atoms with Crippen molar-refractivity contribution >= 4 is 37.5 Å². The summed E-state index contributed by atoms with van der Waals surface area (Å²) >= 11 is 1.69. The van der Waals surface area contributed by atoms with Gasteiger partial charge in [-0.15, -0.1) is 11.3 Å². The molecule has 1 N–H and O–H groups in total. The Bertz CT molecular complexity index is 1180. The molecule has 0 spiro atoms. The molecule has 2 aromatic carbocycles. The first-order valence-corrected chi connectivity index (χ1v) is 12.3. The molecule has 0 bridgehead atoms. The van der Waals surface area contributed by atoms with Crippen molar-refractivity contribution in [2.45, 2.75) is 37.5 Å². The highest BCUT2D eigenvalue weighted by Gasteiger charge is 2.29. The summed E-state index contributed by atoms with van der Waals surface area (Å²) in [7, 11) is -2.25. The minimum Gasteiger partial charge on any atom is -0.338 e. The lowest BCUT2D eigenvalue weighted by molar-refractivity contribution is 0.0706. The lowest BCUT2D eigenvalue weighted by Crippen LogP contribution is -2.39. The van der Waals surface area contributed by atoms with Gasteiger partial charge in [-0.25, -0.2) is 18.1 Å². The van der Waals surface area contributed by atoms with Crippen LogP contribution in [0.2, 0.25) is 0 Å². The predicted octanol–water partition coefficient (Wildman–Crippen LogP) is 3.84. The summed E-state index contributed by atoms with van der Waals surface area (Å²) in [6, 6.07) is 11.4. The second-order valence-electron chi connectivity index (χ2n) is 7.73. The Morgan fingerprint density at radius 3 is 2.73 bits per heavy atom. The van der Waals surface area contributed by atoms with Crippen molar-refractivity contribution in [1.29, 1.82) is 0 Å². The molecule has 2 heterocycles. The summed E-state index contributed by atoms with van der Waals surface area (Å²) in [5, 5.41) is 1.06. The highest BCUT2D eigenvalue weighted by molar-refractivity contribution is 7.89. The fraction of sp³-hybridized carbons (Fsp3) is 0.364. The molecular weight excluding hydrogens is 418 g/mol. The van der Waals surface area contributed by atoms with Crippen molar-refractivity contribution in [2.75, 3.05) is 20.1 Å². The van der Waals surface area contributed by atoms with Crippen molar-refractivity contribution in [3.63, 3.8) is 0 Å². The monoisotopic (exact) mass is 443 g/mol. The SMILES string of the molecule is CNS(=O)(=O)c1cc(C(=O)N2CCC[C@@H](c3nc4ccccc4s3)C2)cc(C)c1C. The Kier molecular flexibility index (Phi) is 5.65. The number of amides is 1. The number of aromatic nitrogens is 1. The molecule has 0 unspecified atom stereocenters. The number of piperidine rings is 1. The number of fused-ring (bicyclic) bond motifs is 1. The van der Waals surface area contributed by atoms with Gasteiger partial charge in [0.1, 0.15) is 0 Å². The van der Waals surface area contributed by atoms with Crippen LogP contribution in [-0.2, 0) is 10.0 Å². The van der Waals surface area contributed by atoms with Gasteiger partial charge < -0.3 is 4.90 Å². The van der Waals surface area contributed by atoms with Gasteiger partial charge in [0.05, 0.1) is 20.1 Å². The zero-order valence-electron chi connectivity index (χ0n) is 17.3. The zero-order valence-corrected chi connectivity index (χ0v) is 18.9. The molecule has 1 saturated heterocycles. The molecule has 1 aliphatic heterocycles. The number of carbonyl (C=O) groups is 1. The van der Waals surface area contributed by atoms with Gasteiger partial charge in [0.2, 0.25) is 10.0 Å². The van der Waals surface area contributed by atoms with E-state index >= 15 is 0 Å². The maximum absolute atomic E-state index is 13.3. The van der Waals surface area contributed by atoms with Crippen LogP contribution in [-0.4, -0.2) is 44.3 Å². The smallest absolute Gasteiger partial charge is 0.253 e. The normalized spacial score (nSPS) is 17.4. The first kappa shape index (κ1) is 21.0. The second-order valence-corrected chi connectivity index (χ2v) is 10.7. The van der Waals surface area contributed by atoms with Gasteiger partial charge in [-0.3, -0.25) is 4.79 Å². The number of hydrogen-bond donors (Lipinski definition) is 1. The Morgan fingerprint density at radius 2 is 2.00 bits per heavy atom. The fourth-order valence-electron chi connectivity index (χ4n) is 3.95. The zero-order chi connectivity index (χ0) is 21.5. The number of sulfonamides is 1. The highest BCUT2D eigenvalue weighted by Crippen LogP contribution is 2.33. The van der Waals surface area contributed by atoms with Crippen molar-refractivity contribution in [1.82, 2.24) is 14.6 Å². The standard InChI is InChI=1S/C22H25N3O3S2/c1-14-11-17(12-20(15(14)2)30(27,28)23-3)22(26)25-10-6-7-16(13-25)21-24-18-8-4-5-9-19(18)29-21/h4-5,8-9,11-12,16,23H,6-7,10,13H2,1-3H3/t16-/m1/s1. The van der Waals surface area contributed by atoms with Gasteiger partial charge in [-0.2, -0.15) is 0 Å². The fourth-order valence-corrected chi connectivity index (χ4v) is 6.11. The van der Waals surface area contributed by atoms with Crippen molar-refractivity contribution < 1.29 is 13.2 Å². The topological polar surface area (TPSA) is 79.4 Å². The van der Waals surface area contributed by atoms with E-state index in [4.69, 9.17) is 4.98 Å². The van der Waals surface area contributed by atoms with E-state index in [1.54, 1.807) is 24.3 Å².